The number of hydrogen-bond donors (Lipinski definition) is 4. The van der Waals surface area contributed by atoms with Gasteiger partial charge < -0.3 is 21.1 Å². The first-order chi connectivity index (χ1) is 6.61. The van der Waals surface area contributed by atoms with Crippen molar-refractivity contribution in [2.45, 2.75) is 19.1 Å². The number of aromatic amines is 1. The van der Waals surface area contributed by atoms with Crippen LogP contribution in [0.3, 0.4) is 0 Å². The summed E-state index contributed by atoms with van der Waals surface area (Å²) >= 11 is 0. The summed E-state index contributed by atoms with van der Waals surface area (Å²) in [5.74, 6) is -0.279. The number of carbonyl (C=O) groups is 1. The van der Waals surface area contributed by atoms with Gasteiger partial charge in [0.1, 0.15) is 5.69 Å². The average Bonchev–Trinajstić information content (AvgIpc) is 2.66. The van der Waals surface area contributed by atoms with Gasteiger partial charge in [-0.05, 0) is 6.92 Å². The van der Waals surface area contributed by atoms with Gasteiger partial charge >= 0.3 is 0 Å². The van der Waals surface area contributed by atoms with Crippen LogP contribution in [0.1, 0.15) is 17.4 Å². The monoisotopic (exact) mass is 198 g/mol. The quantitative estimate of drug-likeness (QED) is 0.490. The zero-order valence-corrected chi connectivity index (χ0v) is 7.90. The van der Waals surface area contributed by atoms with E-state index in [1.165, 1.54) is 12.5 Å². The zero-order valence-electron chi connectivity index (χ0n) is 7.90. The lowest BCUT2D eigenvalue weighted by Crippen LogP contribution is -2.43. The Balaban J connectivity index is 2.36. The minimum absolute atomic E-state index is 0.232. The lowest BCUT2D eigenvalue weighted by molar-refractivity contribution is 0.0933. The molecule has 0 spiro atoms. The van der Waals surface area contributed by atoms with E-state index in [1.807, 2.05) is 0 Å². The number of imidazole rings is 1. The topological polar surface area (TPSA) is 104 Å². The van der Waals surface area contributed by atoms with Crippen LogP contribution in [-0.2, 0) is 0 Å². The maximum Gasteiger partial charge on any atom is 0.269 e. The van der Waals surface area contributed by atoms with Gasteiger partial charge in [-0.1, -0.05) is 0 Å². The Morgan fingerprint density at radius 3 is 3.07 bits per heavy atom. The minimum Gasteiger partial charge on any atom is -0.392 e. The van der Waals surface area contributed by atoms with Gasteiger partial charge in [-0.3, -0.25) is 4.79 Å². The van der Waals surface area contributed by atoms with Crippen molar-refractivity contribution in [3.05, 3.63) is 18.2 Å². The number of nitrogens with one attached hydrogen (secondary N) is 2. The second-order valence-corrected chi connectivity index (χ2v) is 3.08. The molecule has 0 aliphatic rings. The van der Waals surface area contributed by atoms with Crippen molar-refractivity contribution in [3.63, 3.8) is 0 Å². The van der Waals surface area contributed by atoms with Crippen molar-refractivity contribution in [2.24, 2.45) is 5.73 Å². The molecule has 0 saturated heterocycles. The lowest BCUT2D eigenvalue weighted by Gasteiger charge is -2.14. The molecule has 0 fully saturated rings. The Hall–Kier alpha value is -1.40. The van der Waals surface area contributed by atoms with Crippen molar-refractivity contribution < 1.29 is 9.90 Å². The molecule has 0 bridgehead atoms. The molecular formula is C8H14N4O2. The second-order valence-electron chi connectivity index (χ2n) is 3.08. The van der Waals surface area contributed by atoms with E-state index >= 15 is 0 Å². The number of aromatic nitrogens is 2. The van der Waals surface area contributed by atoms with E-state index < -0.39 is 12.1 Å². The van der Waals surface area contributed by atoms with Gasteiger partial charge in [0.25, 0.3) is 5.91 Å². The lowest BCUT2D eigenvalue weighted by atomic mass is 10.2. The second kappa shape index (κ2) is 4.73. The van der Waals surface area contributed by atoms with Gasteiger partial charge in [0.2, 0.25) is 0 Å². The van der Waals surface area contributed by atoms with E-state index in [-0.39, 0.29) is 12.5 Å². The van der Waals surface area contributed by atoms with Crippen molar-refractivity contribution >= 4 is 5.91 Å². The summed E-state index contributed by atoms with van der Waals surface area (Å²) in [4.78, 5) is 17.7. The highest BCUT2D eigenvalue weighted by Gasteiger charge is 2.12. The van der Waals surface area contributed by atoms with Crippen LogP contribution in [-0.4, -0.2) is 39.7 Å². The summed E-state index contributed by atoms with van der Waals surface area (Å²) in [5, 5.41) is 11.6. The molecule has 0 aliphatic carbocycles. The summed E-state index contributed by atoms with van der Waals surface area (Å²) in [7, 11) is 0. The SMILES string of the molecule is CC(O)C(N)CNC(=O)c1cnc[nH]1. The fourth-order valence-corrected chi connectivity index (χ4v) is 0.856. The number of hydrogen-bond acceptors (Lipinski definition) is 4. The number of nitrogens with two attached hydrogens (primary N) is 1. The molecule has 1 aromatic rings. The molecule has 2 atom stereocenters. The number of rotatable bonds is 4. The van der Waals surface area contributed by atoms with Crippen LogP contribution >= 0.6 is 0 Å². The zero-order chi connectivity index (χ0) is 10.6. The van der Waals surface area contributed by atoms with Crippen molar-refractivity contribution in [2.75, 3.05) is 6.54 Å². The Morgan fingerprint density at radius 2 is 2.57 bits per heavy atom. The van der Waals surface area contributed by atoms with E-state index in [4.69, 9.17) is 10.8 Å². The fraction of sp³-hybridized carbons (Fsp3) is 0.500. The molecule has 6 nitrogen and oxygen atoms in total. The van der Waals surface area contributed by atoms with Gasteiger partial charge in [-0.25, -0.2) is 4.98 Å². The molecular weight excluding hydrogens is 184 g/mol. The van der Waals surface area contributed by atoms with Gasteiger partial charge in [0.05, 0.1) is 18.6 Å². The van der Waals surface area contributed by atoms with Crippen LogP contribution in [0.25, 0.3) is 0 Å². The van der Waals surface area contributed by atoms with E-state index in [0.717, 1.165) is 0 Å². The molecule has 6 heteroatoms. The fourth-order valence-electron chi connectivity index (χ4n) is 0.856. The normalized spacial score (nSPS) is 14.8. The van der Waals surface area contributed by atoms with Crippen LogP contribution in [0.15, 0.2) is 12.5 Å². The first kappa shape index (κ1) is 10.7. The molecule has 5 N–H and O–H groups in total. The number of H-pyrrole nitrogens is 1. The van der Waals surface area contributed by atoms with Gasteiger partial charge in [0.15, 0.2) is 0 Å². The summed E-state index contributed by atoms with van der Waals surface area (Å²) in [6, 6.07) is -0.457. The first-order valence-electron chi connectivity index (χ1n) is 4.31. The minimum atomic E-state index is -0.642. The predicted octanol–water partition coefficient (Wildman–Crippen LogP) is -1.15. The van der Waals surface area contributed by atoms with Crippen molar-refractivity contribution in [3.8, 4) is 0 Å². The summed E-state index contributed by atoms with van der Waals surface area (Å²) in [6.07, 6.45) is 2.20. The third-order valence-corrected chi connectivity index (χ3v) is 1.86. The number of carbonyl (C=O) groups excluding carboxylic acids is 1. The van der Waals surface area contributed by atoms with Crippen molar-refractivity contribution in [1.29, 1.82) is 0 Å². The highest BCUT2D eigenvalue weighted by Crippen LogP contribution is 1.91. The Bertz CT molecular complexity index is 284. The molecule has 0 saturated carbocycles. The largest absolute Gasteiger partial charge is 0.392 e. The molecule has 1 heterocycles. The molecule has 1 aromatic heterocycles. The standard InChI is InChI=1S/C8H14N4O2/c1-5(13)6(9)2-11-8(14)7-3-10-4-12-7/h3-6,13H,2,9H2,1H3,(H,10,12)(H,11,14). The Labute approximate surface area is 81.5 Å². The highest BCUT2D eigenvalue weighted by atomic mass is 16.3. The highest BCUT2D eigenvalue weighted by molar-refractivity contribution is 5.91. The van der Waals surface area contributed by atoms with Crippen LogP contribution in [0.4, 0.5) is 0 Å². The van der Waals surface area contributed by atoms with Crippen LogP contribution < -0.4 is 11.1 Å². The molecule has 0 radical (unpaired) electrons. The third-order valence-electron chi connectivity index (χ3n) is 1.86. The summed E-state index contributed by atoms with van der Waals surface area (Å²) in [6.45, 7) is 1.81. The molecule has 2 unspecified atom stereocenters. The van der Waals surface area contributed by atoms with E-state index in [0.29, 0.717) is 5.69 Å². The maximum atomic E-state index is 11.3. The Kier molecular flexibility index (Phi) is 3.61. The van der Waals surface area contributed by atoms with Gasteiger partial charge in [-0.15, -0.1) is 0 Å². The van der Waals surface area contributed by atoms with E-state index in [1.54, 1.807) is 6.92 Å². The molecule has 0 aromatic carbocycles. The number of amides is 1. The first-order valence-corrected chi connectivity index (χ1v) is 4.31. The van der Waals surface area contributed by atoms with Gasteiger partial charge in [0, 0.05) is 12.6 Å². The van der Waals surface area contributed by atoms with Crippen molar-refractivity contribution in [1.82, 2.24) is 15.3 Å². The summed E-state index contributed by atoms with van der Waals surface area (Å²) in [5.41, 5.74) is 5.91. The molecule has 0 aliphatic heterocycles. The molecule has 1 rings (SSSR count). The molecule has 1 amide bonds. The molecule has 14 heavy (non-hydrogen) atoms. The van der Waals surface area contributed by atoms with Crippen LogP contribution in [0.5, 0.6) is 0 Å². The van der Waals surface area contributed by atoms with Gasteiger partial charge in [-0.2, -0.15) is 0 Å². The van der Waals surface area contributed by atoms with Crippen LogP contribution in [0.2, 0.25) is 0 Å². The number of aliphatic hydroxyl groups is 1. The summed E-state index contributed by atoms with van der Waals surface area (Å²) < 4.78 is 0. The number of aliphatic hydroxyl groups excluding tert-OH is 1. The molecule has 78 valence electrons. The van der Waals surface area contributed by atoms with Crippen LogP contribution in [0, 0.1) is 0 Å². The smallest absolute Gasteiger partial charge is 0.269 e. The third kappa shape index (κ3) is 2.82. The predicted molar refractivity (Wildman–Crippen MR) is 50.6 cm³/mol. The van der Waals surface area contributed by atoms with E-state index in [2.05, 4.69) is 15.3 Å². The number of nitrogens with zero attached hydrogens (tertiary/aromatic N) is 1. The maximum absolute atomic E-state index is 11.3. The average molecular weight is 198 g/mol. The van der Waals surface area contributed by atoms with E-state index in [9.17, 15) is 4.79 Å². The Morgan fingerprint density at radius 1 is 1.86 bits per heavy atom.